The minimum atomic E-state index is -0.117. The maximum Gasteiger partial charge on any atom is 0.238 e. The van der Waals surface area contributed by atoms with Crippen molar-refractivity contribution in [3.05, 3.63) is 65.7 Å². The van der Waals surface area contributed by atoms with Gasteiger partial charge in [-0.1, -0.05) is 48.0 Å². The molecule has 1 atom stereocenters. The molecule has 2 amide bonds. The van der Waals surface area contributed by atoms with Crippen LogP contribution in [0, 0.1) is 12.8 Å². The fraction of sp³-hybridized carbons (Fsp3) is 0.417. The van der Waals surface area contributed by atoms with Gasteiger partial charge in [0.1, 0.15) is 0 Å². The number of nitrogens with zero attached hydrogens (tertiary/aromatic N) is 2. The predicted molar refractivity (Wildman–Crippen MR) is 116 cm³/mol. The smallest absolute Gasteiger partial charge is 0.238 e. The summed E-state index contributed by atoms with van der Waals surface area (Å²) in [6.45, 7) is 5.17. The number of rotatable bonds is 9. The Bertz CT molecular complexity index is 816. The Morgan fingerprint density at radius 2 is 1.69 bits per heavy atom. The molecule has 29 heavy (non-hydrogen) atoms. The van der Waals surface area contributed by atoms with E-state index >= 15 is 0 Å². The number of amides is 2. The summed E-state index contributed by atoms with van der Waals surface area (Å²) in [6.07, 6.45) is 2.38. The first-order chi connectivity index (χ1) is 13.9. The third-order valence-corrected chi connectivity index (χ3v) is 5.47. The van der Waals surface area contributed by atoms with Crippen LogP contribution >= 0.6 is 0 Å². The monoisotopic (exact) mass is 393 g/mol. The van der Waals surface area contributed by atoms with E-state index in [1.54, 1.807) is 4.90 Å². The molecule has 5 nitrogen and oxygen atoms in total. The van der Waals surface area contributed by atoms with Gasteiger partial charge in [-0.05, 0) is 57.4 Å². The second-order valence-corrected chi connectivity index (χ2v) is 8.17. The van der Waals surface area contributed by atoms with Gasteiger partial charge in [0.25, 0.3) is 0 Å². The average molecular weight is 394 g/mol. The molecule has 0 unspecified atom stereocenters. The highest BCUT2D eigenvalue weighted by atomic mass is 16.2. The zero-order chi connectivity index (χ0) is 20.8. The lowest BCUT2D eigenvalue weighted by Gasteiger charge is -2.31. The largest absolute Gasteiger partial charge is 0.334 e. The summed E-state index contributed by atoms with van der Waals surface area (Å²) < 4.78 is 0. The molecule has 2 aromatic carbocycles. The van der Waals surface area contributed by atoms with Gasteiger partial charge in [0.05, 0.1) is 13.1 Å². The molecule has 0 aliphatic heterocycles. The van der Waals surface area contributed by atoms with E-state index in [-0.39, 0.29) is 30.9 Å². The van der Waals surface area contributed by atoms with E-state index < -0.39 is 0 Å². The third kappa shape index (κ3) is 6.43. The van der Waals surface area contributed by atoms with Gasteiger partial charge in [0, 0.05) is 18.3 Å². The zero-order valence-corrected chi connectivity index (χ0v) is 17.6. The number of carbonyl (C=O) groups is 2. The standard InChI is InChI=1S/C24H31N3O2/c1-18-9-13-22(14-10-18)25-23(28)16-26(3)17-24(29)27(19(2)21-11-12-21)15-20-7-5-4-6-8-20/h4-10,13-14,19,21H,11-12,15-17H2,1-3H3,(H,25,28)/t19-/m1/s1. The fourth-order valence-corrected chi connectivity index (χ4v) is 3.53. The molecule has 0 bridgehead atoms. The molecule has 3 rings (SSSR count). The fourth-order valence-electron chi connectivity index (χ4n) is 3.53. The molecule has 1 aliphatic carbocycles. The van der Waals surface area contributed by atoms with Crippen LogP contribution < -0.4 is 5.32 Å². The molecule has 5 heteroatoms. The Kier molecular flexibility index (Phi) is 7.04. The Hall–Kier alpha value is -2.66. The molecule has 1 fully saturated rings. The molecule has 0 saturated heterocycles. The number of aryl methyl sites for hydroxylation is 1. The molecular weight excluding hydrogens is 362 g/mol. The lowest BCUT2D eigenvalue weighted by Crippen LogP contribution is -2.45. The SMILES string of the molecule is Cc1ccc(NC(=O)CN(C)CC(=O)N(Cc2ccccc2)[C@H](C)C2CC2)cc1. The lowest BCUT2D eigenvalue weighted by atomic mass is 10.1. The van der Waals surface area contributed by atoms with Crippen molar-refractivity contribution >= 4 is 17.5 Å². The van der Waals surface area contributed by atoms with E-state index in [0.29, 0.717) is 12.5 Å². The summed E-state index contributed by atoms with van der Waals surface area (Å²) in [5.41, 5.74) is 3.05. The maximum absolute atomic E-state index is 13.1. The van der Waals surface area contributed by atoms with Gasteiger partial charge in [-0.25, -0.2) is 0 Å². The molecule has 0 spiro atoms. The molecule has 1 aliphatic rings. The molecule has 0 heterocycles. The lowest BCUT2D eigenvalue weighted by molar-refractivity contribution is -0.135. The van der Waals surface area contributed by atoms with Crippen LogP contribution in [0.3, 0.4) is 0 Å². The summed E-state index contributed by atoms with van der Waals surface area (Å²) >= 11 is 0. The van der Waals surface area contributed by atoms with Crippen molar-refractivity contribution < 1.29 is 9.59 Å². The second kappa shape index (κ2) is 9.70. The van der Waals surface area contributed by atoms with E-state index in [1.807, 2.05) is 61.3 Å². The van der Waals surface area contributed by atoms with Crippen molar-refractivity contribution in [3.63, 3.8) is 0 Å². The zero-order valence-electron chi connectivity index (χ0n) is 17.6. The first kappa shape index (κ1) is 21.1. The van der Waals surface area contributed by atoms with Crippen molar-refractivity contribution in [2.24, 2.45) is 5.92 Å². The minimum absolute atomic E-state index is 0.0684. The van der Waals surface area contributed by atoms with Crippen LogP contribution in [0.15, 0.2) is 54.6 Å². The quantitative estimate of drug-likeness (QED) is 0.707. The number of carbonyl (C=O) groups excluding carboxylic acids is 2. The van der Waals surface area contributed by atoms with Gasteiger partial charge in [0.15, 0.2) is 0 Å². The summed E-state index contributed by atoms with van der Waals surface area (Å²) in [5.74, 6) is 0.547. The van der Waals surface area contributed by atoms with Crippen LogP contribution in [-0.2, 0) is 16.1 Å². The Balaban J connectivity index is 1.56. The molecule has 154 valence electrons. The number of nitrogens with one attached hydrogen (secondary N) is 1. The predicted octanol–water partition coefficient (Wildman–Crippen LogP) is 3.69. The summed E-state index contributed by atoms with van der Waals surface area (Å²) in [7, 11) is 1.81. The van der Waals surface area contributed by atoms with Gasteiger partial charge in [-0.2, -0.15) is 0 Å². The van der Waals surface area contributed by atoms with E-state index in [2.05, 4.69) is 24.4 Å². The first-order valence-corrected chi connectivity index (χ1v) is 10.3. The highest BCUT2D eigenvalue weighted by molar-refractivity contribution is 5.92. The Morgan fingerprint density at radius 1 is 1.03 bits per heavy atom. The third-order valence-electron chi connectivity index (χ3n) is 5.47. The first-order valence-electron chi connectivity index (χ1n) is 10.3. The topological polar surface area (TPSA) is 52.7 Å². The molecular formula is C24H31N3O2. The maximum atomic E-state index is 13.1. The van der Waals surface area contributed by atoms with Gasteiger partial charge in [-0.15, -0.1) is 0 Å². The molecule has 0 aromatic heterocycles. The molecule has 0 radical (unpaired) electrons. The highest BCUT2D eigenvalue weighted by Crippen LogP contribution is 2.35. The number of benzene rings is 2. The Labute approximate surface area is 173 Å². The van der Waals surface area contributed by atoms with Crippen LogP contribution in [0.5, 0.6) is 0 Å². The minimum Gasteiger partial charge on any atom is -0.334 e. The molecule has 2 aromatic rings. The van der Waals surface area contributed by atoms with Crippen molar-refractivity contribution in [2.45, 2.75) is 39.3 Å². The summed E-state index contributed by atoms with van der Waals surface area (Å²) in [6, 6.07) is 18.0. The van der Waals surface area contributed by atoms with Crippen LogP contribution in [0.2, 0.25) is 0 Å². The van der Waals surface area contributed by atoms with E-state index in [9.17, 15) is 9.59 Å². The summed E-state index contributed by atoms with van der Waals surface area (Å²) in [4.78, 5) is 29.1. The van der Waals surface area contributed by atoms with Crippen molar-refractivity contribution in [3.8, 4) is 0 Å². The van der Waals surface area contributed by atoms with Crippen LogP contribution in [-0.4, -0.2) is 47.8 Å². The number of hydrogen-bond acceptors (Lipinski definition) is 3. The van der Waals surface area contributed by atoms with Crippen LogP contribution in [0.4, 0.5) is 5.69 Å². The molecule has 1 N–H and O–H groups in total. The second-order valence-electron chi connectivity index (χ2n) is 8.17. The van der Waals surface area contributed by atoms with Gasteiger partial charge in [0.2, 0.25) is 11.8 Å². The number of likely N-dealkylation sites (N-methyl/N-ethyl adjacent to an activating group) is 1. The van der Waals surface area contributed by atoms with Gasteiger partial charge >= 0.3 is 0 Å². The van der Waals surface area contributed by atoms with E-state index in [1.165, 1.54) is 12.8 Å². The number of hydrogen-bond donors (Lipinski definition) is 1. The van der Waals surface area contributed by atoms with Crippen LogP contribution in [0.25, 0.3) is 0 Å². The number of anilines is 1. The Morgan fingerprint density at radius 3 is 2.31 bits per heavy atom. The summed E-state index contributed by atoms with van der Waals surface area (Å²) in [5, 5.41) is 2.89. The van der Waals surface area contributed by atoms with E-state index in [4.69, 9.17) is 0 Å². The normalized spacial score (nSPS) is 14.5. The molecule has 1 saturated carbocycles. The van der Waals surface area contributed by atoms with Crippen molar-refractivity contribution in [2.75, 3.05) is 25.5 Å². The van der Waals surface area contributed by atoms with E-state index in [0.717, 1.165) is 16.8 Å². The van der Waals surface area contributed by atoms with Crippen LogP contribution in [0.1, 0.15) is 30.9 Å². The van der Waals surface area contributed by atoms with Crippen molar-refractivity contribution in [1.29, 1.82) is 0 Å². The average Bonchev–Trinajstić information content (AvgIpc) is 3.53. The van der Waals surface area contributed by atoms with Gasteiger partial charge in [-0.3, -0.25) is 14.5 Å². The van der Waals surface area contributed by atoms with Crippen molar-refractivity contribution in [1.82, 2.24) is 9.80 Å². The highest BCUT2D eigenvalue weighted by Gasteiger charge is 2.34. The van der Waals surface area contributed by atoms with Gasteiger partial charge < -0.3 is 10.2 Å².